The first-order valence-corrected chi connectivity index (χ1v) is 5.94. The van der Waals surface area contributed by atoms with Gasteiger partial charge in [0.15, 0.2) is 11.5 Å². The van der Waals surface area contributed by atoms with Crippen molar-refractivity contribution in [3.05, 3.63) is 23.3 Å². The van der Waals surface area contributed by atoms with Crippen molar-refractivity contribution in [1.82, 2.24) is 5.32 Å². The van der Waals surface area contributed by atoms with Crippen molar-refractivity contribution in [3.63, 3.8) is 0 Å². The average molecular weight is 288 g/mol. The molecule has 0 saturated heterocycles. The minimum Gasteiger partial charge on any atom is -0.504 e. The molecule has 106 valence electrons. The van der Waals surface area contributed by atoms with Gasteiger partial charge in [0.1, 0.15) is 6.04 Å². The fourth-order valence-corrected chi connectivity index (χ4v) is 2.11. The van der Waals surface area contributed by atoms with Crippen LogP contribution in [0.1, 0.15) is 18.1 Å². The van der Waals surface area contributed by atoms with E-state index in [1.165, 1.54) is 7.11 Å². The van der Waals surface area contributed by atoms with E-state index in [-0.39, 0.29) is 30.2 Å². The number of carbonyl (C=O) groups excluding carboxylic acids is 1. The van der Waals surface area contributed by atoms with E-state index in [2.05, 4.69) is 5.32 Å². The Morgan fingerprint density at radius 2 is 2.21 bits per heavy atom. The van der Waals surface area contributed by atoms with E-state index in [1.807, 2.05) is 0 Å². The smallest absolute Gasteiger partial charge is 0.323 e. The van der Waals surface area contributed by atoms with Gasteiger partial charge in [0.05, 0.1) is 13.7 Å². The molecular formula is C13H18ClNO4. The molecule has 0 amide bonds. The standard InChI is InChI=1S/C13H17NO4.ClH/c1-3-18-13(16)10-4-8-6-12(17-2)11(15)5-9(8)7-14-10;/h5-6,10,14-15H,3-4,7H2,1-2H3;1H. The van der Waals surface area contributed by atoms with Crippen LogP contribution in [0.5, 0.6) is 11.5 Å². The lowest BCUT2D eigenvalue weighted by atomic mass is 9.95. The van der Waals surface area contributed by atoms with Crippen LogP contribution < -0.4 is 10.1 Å². The van der Waals surface area contributed by atoms with Crippen molar-refractivity contribution in [3.8, 4) is 11.5 Å². The minimum atomic E-state index is -0.327. The number of esters is 1. The van der Waals surface area contributed by atoms with Crippen LogP contribution in [0.4, 0.5) is 0 Å². The van der Waals surface area contributed by atoms with Gasteiger partial charge in [0, 0.05) is 6.54 Å². The third-order valence-electron chi connectivity index (χ3n) is 3.04. The third kappa shape index (κ3) is 3.30. The maximum atomic E-state index is 11.7. The van der Waals surface area contributed by atoms with Crippen LogP contribution in [0, 0.1) is 0 Å². The van der Waals surface area contributed by atoms with E-state index in [0.717, 1.165) is 11.1 Å². The van der Waals surface area contributed by atoms with E-state index < -0.39 is 0 Å². The molecule has 19 heavy (non-hydrogen) atoms. The fraction of sp³-hybridized carbons (Fsp3) is 0.462. The van der Waals surface area contributed by atoms with Crippen LogP contribution in [-0.2, 0) is 22.5 Å². The van der Waals surface area contributed by atoms with Crippen LogP contribution in [0.15, 0.2) is 12.1 Å². The second-order valence-electron chi connectivity index (χ2n) is 4.18. The van der Waals surface area contributed by atoms with Gasteiger partial charge in [0.2, 0.25) is 0 Å². The van der Waals surface area contributed by atoms with Crippen molar-refractivity contribution < 1.29 is 19.4 Å². The minimum absolute atomic E-state index is 0. The van der Waals surface area contributed by atoms with Gasteiger partial charge in [-0.2, -0.15) is 0 Å². The van der Waals surface area contributed by atoms with Gasteiger partial charge in [-0.25, -0.2) is 0 Å². The molecule has 0 spiro atoms. The van der Waals surface area contributed by atoms with Crippen molar-refractivity contribution in [2.24, 2.45) is 0 Å². The molecule has 2 rings (SSSR count). The summed E-state index contributed by atoms with van der Waals surface area (Å²) in [6, 6.07) is 3.12. The molecule has 0 fully saturated rings. The van der Waals surface area contributed by atoms with Gasteiger partial charge >= 0.3 is 5.97 Å². The lowest BCUT2D eigenvalue weighted by molar-refractivity contribution is -0.145. The summed E-state index contributed by atoms with van der Waals surface area (Å²) >= 11 is 0. The Kier molecular flexibility index (Phi) is 5.44. The first kappa shape index (κ1) is 15.6. The number of carbonyl (C=O) groups is 1. The van der Waals surface area contributed by atoms with Crippen molar-refractivity contribution in [1.29, 1.82) is 0 Å². The largest absolute Gasteiger partial charge is 0.504 e. The number of hydrogen-bond acceptors (Lipinski definition) is 5. The number of methoxy groups -OCH3 is 1. The van der Waals surface area contributed by atoms with Gasteiger partial charge in [0.25, 0.3) is 0 Å². The van der Waals surface area contributed by atoms with E-state index in [1.54, 1.807) is 19.1 Å². The van der Waals surface area contributed by atoms with Crippen molar-refractivity contribution in [2.45, 2.75) is 25.9 Å². The normalized spacial score (nSPS) is 17.1. The second-order valence-corrected chi connectivity index (χ2v) is 4.18. The molecule has 0 aliphatic carbocycles. The van der Waals surface area contributed by atoms with Crippen LogP contribution in [0.3, 0.4) is 0 Å². The summed E-state index contributed by atoms with van der Waals surface area (Å²) < 4.78 is 10.1. The van der Waals surface area contributed by atoms with Gasteiger partial charge < -0.3 is 19.9 Å². The molecule has 2 N–H and O–H groups in total. The fourth-order valence-electron chi connectivity index (χ4n) is 2.11. The Morgan fingerprint density at radius 1 is 1.47 bits per heavy atom. The number of phenols is 1. The summed E-state index contributed by atoms with van der Waals surface area (Å²) in [5.74, 6) is 0.307. The van der Waals surface area contributed by atoms with Crippen LogP contribution >= 0.6 is 12.4 Å². The summed E-state index contributed by atoms with van der Waals surface area (Å²) in [5, 5.41) is 12.8. The number of halogens is 1. The molecule has 0 aromatic heterocycles. The predicted octanol–water partition coefficient (Wildman–Crippen LogP) is 1.40. The first-order chi connectivity index (χ1) is 8.65. The lowest BCUT2D eigenvalue weighted by Gasteiger charge is -2.25. The maximum Gasteiger partial charge on any atom is 0.323 e. The molecule has 1 aromatic rings. The van der Waals surface area contributed by atoms with E-state index in [0.29, 0.717) is 25.3 Å². The van der Waals surface area contributed by atoms with Crippen molar-refractivity contribution >= 4 is 18.4 Å². The van der Waals surface area contributed by atoms with E-state index in [4.69, 9.17) is 9.47 Å². The predicted molar refractivity (Wildman–Crippen MR) is 72.9 cm³/mol. The summed E-state index contributed by atoms with van der Waals surface area (Å²) in [4.78, 5) is 11.7. The van der Waals surface area contributed by atoms with Crippen LogP contribution in [0.2, 0.25) is 0 Å². The van der Waals surface area contributed by atoms with Gasteiger partial charge in [-0.15, -0.1) is 12.4 Å². The number of nitrogens with one attached hydrogen (secondary N) is 1. The zero-order valence-electron chi connectivity index (χ0n) is 10.9. The SMILES string of the molecule is CCOC(=O)C1Cc2cc(OC)c(O)cc2CN1.Cl. The Morgan fingerprint density at radius 3 is 2.84 bits per heavy atom. The number of aromatic hydroxyl groups is 1. The molecule has 6 heteroatoms. The highest BCUT2D eigenvalue weighted by Crippen LogP contribution is 2.31. The molecule has 1 atom stereocenters. The van der Waals surface area contributed by atoms with E-state index in [9.17, 15) is 9.90 Å². The quantitative estimate of drug-likeness (QED) is 0.823. The monoisotopic (exact) mass is 287 g/mol. The molecule has 1 unspecified atom stereocenters. The number of fused-ring (bicyclic) bond motifs is 1. The number of phenolic OH excluding ortho intramolecular Hbond substituents is 1. The molecule has 1 aliphatic rings. The summed E-state index contributed by atoms with van der Waals surface area (Å²) in [5.41, 5.74) is 1.98. The van der Waals surface area contributed by atoms with Gasteiger partial charge in [-0.1, -0.05) is 0 Å². The number of hydrogen-bond donors (Lipinski definition) is 2. The number of ether oxygens (including phenoxy) is 2. The zero-order valence-corrected chi connectivity index (χ0v) is 11.8. The Labute approximate surface area is 118 Å². The molecule has 1 aromatic carbocycles. The molecule has 0 bridgehead atoms. The maximum absolute atomic E-state index is 11.7. The molecule has 1 heterocycles. The summed E-state index contributed by atoms with van der Waals surface area (Å²) in [7, 11) is 1.51. The zero-order chi connectivity index (χ0) is 13.1. The van der Waals surface area contributed by atoms with Crippen molar-refractivity contribution in [2.75, 3.05) is 13.7 Å². The van der Waals surface area contributed by atoms with Gasteiger partial charge in [-0.3, -0.25) is 4.79 Å². The second kappa shape index (κ2) is 6.63. The highest BCUT2D eigenvalue weighted by atomic mass is 35.5. The van der Waals surface area contributed by atoms with Gasteiger partial charge in [-0.05, 0) is 36.6 Å². The number of benzene rings is 1. The number of rotatable bonds is 3. The Bertz CT molecular complexity index is 464. The topological polar surface area (TPSA) is 67.8 Å². The lowest BCUT2D eigenvalue weighted by Crippen LogP contribution is -2.42. The van der Waals surface area contributed by atoms with Crippen LogP contribution in [-0.4, -0.2) is 30.8 Å². The third-order valence-corrected chi connectivity index (χ3v) is 3.04. The summed E-state index contributed by atoms with van der Waals surface area (Å²) in [6.45, 7) is 2.70. The average Bonchev–Trinajstić information content (AvgIpc) is 2.37. The Hall–Kier alpha value is -1.46. The molecule has 0 saturated carbocycles. The molecule has 0 radical (unpaired) electrons. The molecule has 1 aliphatic heterocycles. The highest BCUT2D eigenvalue weighted by molar-refractivity contribution is 5.85. The Balaban J connectivity index is 0.00000180. The summed E-state index contributed by atoms with van der Waals surface area (Å²) in [6.07, 6.45) is 0.546. The van der Waals surface area contributed by atoms with E-state index >= 15 is 0 Å². The molecule has 5 nitrogen and oxygen atoms in total. The molecular weight excluding hydrogens is 270 g/mol. The first-order valence-electron chi connectivity index (χ1n) is 5.94. The highest BCUT2D eigenvalue weighted by Gasteiger charge is 2.26. The van der Waals surface area contributed by atoms with Crippen LogP contribution in [0.25, 0.3) is 0 Å².